The molecule has 3 rings (SSSR count). The van der Waals surface area contributed by atoms with Gasteiger partial charge in [-0.3, -0.25) is 9.69 Å². The standard InChI is InChI=1S/C18H29N3O/c1-15-8-3-6-13-21(15)18(22)14-20-12-5-4-9-17(20)16-10-7-11-19(16)2/h7,10-11,15,17H,3-6,8-9,12-14H2,1-2H3. The number of aryl methyl sites for hydroxylation is 1. The fraction of sp³-hybridized carbons (Fsp3) is 0.722. The van der Waals surface area contributed by atoms with Gasteiger partial charge in [0.25, 0.3) is 0 Å². The van der Waals surface area contributed by atoms with E-state index < -0.39 is 0 Å². The van der Waals surface area contributed by atoms with E-state index in [2.05, 4.69) is 46.7 Å². The Hall–Kier alpha value is -1.29. The number of piperidine rings is 2. The Bertz CT molecular complexity index is 510. The van der Waals surface area contributed by atoms with Crippen LogP contribution in [0.2, 0.25) is 0 Å². The van der Waals surface area contributed by atoms with Crippen molar-refractivity contribution in [3.63, 3.8) is 0 Å². The van der Waals surface area contributed by atoms with Gasteiger partial charge < -0.3 is 9.47 Å². The normalized spacial score (nSPS) is 27.1. The summed E-state index contributed by atoms with van der Waals surface area (Å²) >= 11 is 0. The summed E-state index contributed by atoms with van der Waals surface area (Å²) in [6, 6.07) is 5.13. The molecule has 1 amide bonds. The molecule has 4 nitrogen and oxygen atoms in total. The molecule has 0 saturated carbocycles. The lowest BCUT2D eigenvalue weighted by Gasteiger charge is -2.39. The van der Waals surface area contributed by atoms with Crippen LogP contribution in [-0.4, -0.2) is 46.0 Å². The Morgan fingerprint density at radius 3 is 2.68 bits per heavy atom. The third kappa shape index (κ3) is 3.22. The quantitative estimate of drug-likeness (QED) is 0.859. The maximum Gasteiger partial charge on any atom is 0.237 e. The monoisotopic (exact) mass is 303 g/mol. The van der Waals surface area contributed by atoms with Crippen molar-refractivity contribution in [3.8, 4) is 0 Å². The Labute approximate surface area is 134 Å². The summed E-state index contributed by atoms with van der Waals surface area (Å²) in [5, 5.41) is 0. The number of carbonyl (C=O) groups is 1. The van der Waals surface area contributed by atoms with Crippen molar-refractivity contribution >= 4 is 5.91 Å². The topological polar surface area (TPSA) is 28.5 Å². The fourth-order valence-electron chi connectivity index (χ4n) is 4.07. The summed E-state index contributed by atoms with van der Waals surface area (Å²) in [6.07, 6.45) is 9.34. The van der Waals surface area contributed by atoms with E-state index in [1.807, 2.05) is 0 Å². The van der Waals surface area contributed by atoms with Gasteiger partial charge in [0.2, 0.25) is 5.91 Å². The van der Waals surface area contributed by atoms with Gasteiger partial charge in [-0.15, -0.1) is 0 Å². The van der Waals surface area contributed by atoms with Gasteiger partial charge in [-0.05, 0) is 57.7 Å². The van der Waals surface area contributed by atoms with Crippen LogP contribution in [0.15, 0.2) is 18.3 Å². The third-order valence-corrected chi connectivity index (χ3v) is 5.40. The predicted octanol–water partition coefficient (Wildman–Crippen LogP) is 2.95. The molecule has 22 heavy (non-hydrogen) atoms. The maximum atomic E-state index is 12.8. The first-order chi connectivity index (χ1) is 10.7. The number of likely N-dealkylation sites (tertiary alicyclic amines) is 2. The Kier molecular flexibility index (Phi) is 4.87. The molecule has 1 aromatic heterocycles. The number of hydrogen-bond acceptors (Lipinski definition) is 2. The molecule has 4 heteroatoms. The van der Waals surface area contributed by atoms with E-state index in [1.54, 1.807) is 0 Å². The minimum atomic E-state index is 0.327. The van der Waals surface area contributed by atoms with E-state index in [9.17, 15) is 4.79 Å². The molecule has 3 heterocycles. The van der Waals surface area contributed by atoms with Crippen molar-refractivity contribution in [2.45, 2.75) is 57.5 Å². The highest BCUT2D eigenvalue weighted by atomic mass is 16.2. The molecular formula is C18H29N3O. The number of nitrogens with zero attached hydrogens (tertiary/aromatic N) is 3. The van der Waals surface area contributed by atoms with Crippen molar-refractivity contribution in [1.82, 2.24) is 14.4 Å². The summed E-state index contributed by atoms with van der Waals surface area (Å²) in [5.74, 6) is 0.327. The van der Waals surface area contributed by atoms with E-state index in [0.717, 1.165) is 25.9 Å². The minimum absolute atomic E-state index is 0.327. The van der Waals surface area contributed by atoms with E-state index in [0.29, 0.717) is 24.5 Å². The van der Waals surface area contributed by atoms with Crippen molar-refractivity contribution < 1.29 is 4.79 Å². The maximum absolute atomic E-state index is 12.8. The number of carbonyl (C=O) groups excluding carboxylic acids is 1. The van der Waals surface area contributed by atoms with Gasteiger partial charge in [-0.1, -0.05) is 6.42 Å². The third-order valence-electron chi connectivity index (χ3n) is 5.40. The number of rotatable bonds is 3. The van der Waals surface area contributed by atoms with Crippen LogP contribution >= 0.6 is 0 Å². The average molecular weight is 303 g/mol. The summed E-state index contributed by atoms with van der Waals surface area (Å²) < 4.78 is 2.21. The second-order valence-corrected chi connectivity index (χ2v) is 6.96. The van der Waals surface area contributed by atoms with Gasteiger partial charge in [0.05, 0.1) is 12.6 Å². The van der Waals surface area contributed by atoms with Crippen molar-refractivity contribution in [2.75, 3.05) is 19.6 Å². The van der Waals surface area contributed by atoms with Gasteiger partial charge in [-0.2, -0.15) is 0 Å². The van der Waals surface area contributed by atoms with Crippen LogP contribution in [0.5, 0.6) is 0 Å². The summed E-state index contributed by atoms with van der Waals surface area (Å²) in [7, 11) is 2.11. The molecule has 2 fully saturated rings. The first kappa shape index (κ1) is 15.6. The smallest absolute Gasteiger partial charge is 0.237 e. The summed E-state index contributed by atoms with van der Waals surface area (Å²) in [4.78, 5) is 17.3. The highest BCUT2D eigenvalue weighted by Gasteiger charge is 2.30. The molecule has 0 bridgehead atoms. The zero-order valence-corrected chi connectivity index (χ0v) is 14.0. The SMILES string of the molecule is CC1CCCCN1C(=O)CN1CCCCC1c1cccn1C. The van der Waals surface area contributed by atoms with Gasteiger partial charge in [0, 0.05) is 31.5 Å². The lowest BCUT2D eigenvalue weighted by Crippen LogP contribution is -2.48. The van der Waals surface area contributed by atoms with Crippen LogP contribution in [0.1, 0.15) is 57.2 Å². The van der Waals surface area contributed by atoms with Crippen molar-refractivity contribution in [3.05, 3.63) is 24.0 Å². The zero-order chi connectivity index (χ0) is 15.5. The molecule has 122 valence electrons. The van der Waals surface area contributed by atoms with Crippen LogP contribution in [0, 0.1) is 0 Å². The van der Waals surface area contributed by atoms with Crippen LogP contribution < -0.4 is 0 Å². The molecular weight excluding hydrogens is 274 g/mol. The van der Waals surface area contributed by atoms with Crippen LogP contribution in [0.3, 0.4) is 0 Å². The van der Waals surface area contributed by atoms with Gasteiger partial charge in [0.1, 0.15) is 0 Å². The first-order valence-electron chi connectivity index (χ1n) is 8.81. The molecule has 0 N–H and O–H groups in total. The minimum Gasteiger partial charge on any atom is -0.353 e. The van der Waals surface area contributed by atoms with E-state index in [-0.39, 0.29) is 0 Å². The van der Waals surface area contributed by atoms with E-state index >= 15 is 0 Å². The van der Waals surface area contributed by atoms with E-state index in [1.165, 1.54) is 31.4 Å². The largest absolute Gasteiger partial charge is 0.353 e. The second-order valence-electron chi connectivity index (χ2n) is 6.96. The lowest BCUT2D eigenvalue weighted by molar-refractivity contribution is -0.136. The summed E-state index contributed by atoms with van der Waals surface area (Å²) in [5.41, 5.74) is 1.35. The number of hydrogen-bond donors (Lipinski definition) is 0. The number of amides is 1. The molecule has 1 aromatic rings. The molecule has 0 aromatic carbocycles. The molecule has 2 atom stereocenters. The van der Waals surface area contributed by atoms with Crippen LogP contribution in [-0.2, 0) is 11.8 Å². The molecule has 2 saturated heterocycles. The fourth-order valence-corrected chi connectivity index (χ4v) is 4.07. The predicted molar refractivity (Wildman–Crippen MR) is 88.6 cm³/mol. The van der Waals surface area contributed by atoms with Crippen molar-refractivity contribution in [2.24, 2.45) is 7.05 Å². The van der Waals surface area contributed by atoms with Gasteiger partial charge in [0.15, 0.2) is 0 Å². The highest BCUT2D eigenvalue weighted by molar-refractivity contribution is 5.78. The van der Waals surface area contributed by atoms with Crippen molar-refractivity contribution in [1.29, 1.82) is 0 Å². The van der Waals surface area contributed by atoms with Crippen LogP contribution in [0.25, 0.3) is 0 Å². The molecule has 0 aliphatic carbocycles. The zero-order valence-electron chi connectivity index (χ0n) is 14.0. The summed E-state index contributed by atoms with van der Waals surface area (Å²) in [6.45, 7) is 4.77. The van der Waals surface area contributed by atoms with Crippen LogP contribution in [0.4, 0.5) is 0 Å². The van der Waals surface area contributed by atoms with E-state index in [4.69, 9.17) is 0 Å². The molecule has 0 radical (unpaired) electrons. The molecule has 2 aliphatic heterocycles. The average Bonchev–Trinajstić information content (AvgIpc) is 2.94. The molecule has 2 aliphatic rings. The number of aromatic nitrogens is 1. The first-order valence-corrected chi connectivity index (χ1v) is 8.81. The second kappa shape index (κ2) is 6.86. The Morgan fingerprint density at radius 2 is 1.95 bits per heavy atom. The Morgan fingerprint density at radius 1 is 1.18 bits per heavy atom. The lowest BCUT2D eigenvalue weighted by atomic mass is 9.98. The molecule has 2 unspecified atom stereocenters. The Balaban J connectivity index is 1.69. The van der Waals surface area contributed by atoms with Gasteiger partial charge >= 0.3 is 0 Å². The highest BCUT2D eigenvalue weighted by Crippen LogP contribution is 2.31. The van der Waals surface area contributed by atoms with Gasteiger partial charge in [-0.25, -0.2) is 0 Å². The molecule has 0 spiro atoms.